The molecule has 0 aliphatic rings. The van der Waals surface area contributed by atoms with E-state index in [0.717, 1.165) is 0 Å². The first-order chi connectivity index (χ1) is 6.91. The molecule has 5 heteroatoms. The lowest BCUT2D eigenvalue weighted by Gasteiger charge is -2.17. The first-order valence-electron chi connectivity index (χ1n) is 4.61. The molecule has 0 saturated carbocycles. The lowest BCUT2D eigenvalue weighted by molar-refractivity contribution is 0.585. The number of nitrogens with zero attached hydrogens (tertiary/aromatic N) is 3. The maximum Gasteiger partial charge on any atom is 0.172 e. The van der Waals surface area contributed by atoms with Crippen molar-refractivity contribution in [3.63, 3.8) is 0 Å². The van der Waals surface area contributed by atoms with E-state index in [1.165, 1.54) is 6.33 Å². The molecule has 5 nitrogen and oxygen atoms in total. The van der Waals surface area contributed by atoms with Gasteiger partial charge in [-0.25, -0.2) is 15.0 Å². The van der Waals surface area contributed by atoms with Gasteiger partial charge in [0.25, 0.3) is 0 Å². The molecule has 0 amide bonds. The Hall–Kier alpha value is -1.78. The van der Waals surface area contributed by atoms with Crippen LogP contribution in [0.3, 0.4) is 0 Å². The topological polar surface area (TPSA) is 88.0 Å². The van der Waals surface area contributed by atoms with Crippen molar-refractivity contribution >= 4 is 11.7 Å². The minimum Gasteiger partial charge on any atom is -0.387 e. The molecule has 3 N–H and O–H groups in total. The zero-order valence-electron chi connectivity index (χ0n) is 9.15. The molecule has 1 aromatic rings. The molecule has 0 fully saturated rings. The summed E-state index contributed by atoms with van der Waals surface area (Å²) in [5.74, 6) is 0.482. The van der Waals surface area contributed by atoms with Gasteiger partial charge >= 0.3 is 0 Å². The van der Waals surface area contributed by atoms with Crippen LogP contribution in [-0.4, -0.2) is 21.6 Å². The summed E-state index contributed by atoms with van der Waals surface area (Å²) in [7, 11) is 0. The van der Waals surface area contributed by atoms with E-state index in [1.807, 2.05) is 20.8 Å². The van der Waals surface area contributed by atoms with Crippen LogP contribution in [0.15, 0.2) is 23.6 Å². The monoisotopic (exact) mass is 205 g/mol. The van der Waals surface area contributed by atoms with E-state index in [-0.39, 0.29) is 11.3 Å². The van der Waals surface area contributed by atoms with Crippen molar-refractivity contribution < 1.29 is 0 Å². The number of nitrogens with one attached hydrogen (secondary N) is 1. The number of hydrogen-bond donors (Lipinski definition) is 2. The molecule has 0 bridgehead atoms. The quantitative estimate of drug-likeness (QED) is 0.533. The van der Waals surface area contributed by atoms with Crippen LogP contribution in [0, 0.1) is 10.8 Å². The minimum absolute atomic E-state index is 0.0600. The summed E-state index contributed by atoms with van der Waals surface area (Å²) < 4.78 is 0. The van der Waals surface area contributed by atoms with Crippen molar-refractivity contribution in [3.05, 3.63) is 24.3 Å². The Morgan fingerprint density at radius 1 is 1.47 bits per heavy atom. The Labute approximate surface area is 89.0 Å². The van der Waals surface area contributed by atoms with Gasteiger partial charge < -0.3 is 5.73 Å². The summed E-state index contributed by atoms with van der Waals surface area (Å²) in [4.78, 5) is 11.7. The fraction of sp³-hybridized carbons (Fsp3) is 0.400. The Kier molecular flexibility index (Phi) is 3.14. The summed E-state index contributed by atoms with van der Waals surface area (Å²) >= 11 is 0. The highest BCUT2D eigenvalue weighted by Gasteiger charge is 2.16. The van der Waals surface area contributed by atoms with Gasteiger partial charge in [0.1, 0.15) is 17.9 Å². The summed E-state index contributed by atoms with van der Waals surface area (Å²) in [5, 5.41) is 7.68. The lowest BCUT2D eigenvalue weighted by atomic mass is 9.95. The fourth-order valence-corrected chi connectivity index (χ4v) is 0.776. The number of nitrogens with two attached hydrogens (primary N) is 1. The van der Waals surface area contributed by atoms with Gasteiger partial charge in [-0.2, -0.15) is 0 Å². The standard InChI is InChI=1S/C10H15N5/c1-10(2,3)9(12)15-8(11)7-4-5-13-6-14-7/h4-6H,1-3H3,(H3,11,12,15). The van der Waals surface area contributed by atoms with Crippen LogP contribution in [0.1, 0.15) is 26.5 Å². The molecule has 0 aliphatic carbocycles. The average molecular weight is 205 g/mol. The molecule has 1 heterocycles. The van der Waals surface area contributed by atoms with Gasteiger partial charge in [-0.15, -0.1) is 0 Å². The number of aliphatic imine (C=N–C) groups is 1. The van der Waals surface area contributed by atoms with Crippen LogP contribution in [0.25, 0.3) is 0 Å². The first-order valence-corrected chi connectivity index (χ1v) is 4.61. The second kappa shape index (κ2) is 4.16. The van der Waals surface area contributed by atoms with E-state index >= 15 is 0 Å². The molecule has 0 unspecified atom stereocenters. The number of hydrogen-bond acceptors (Lipinski definition) is 3. The van der Waals surface area contributed by atoms with Crippen molar-refractivity contribution in [2.45, 2.75) is 20.8 Å². The summed E-state index contributed by atoms with van der Waals surface area (Å²) in [6.45, 7) is 5.83. The SMILES string of the molecule is CC(C)(C)C(N)=NC(=N)c1ccncn1. The molecule has 0 radical (unpaired) electrons. The second-order valence-corrected chi connectivity index (χ2v) is 4.19. The van der Waals surface area contributed by atoms with E-state index in [1.54, 1.807) is 12.3 Å². The van der Waals surface area contributed by atoms with Gasteiger partial charge in [-0.05, 0) is 6.07 Å². The third-order valence-corrected chi connectivity index (χ3v) is 1.83. The molecule has 0 aromatic carbocycles. The first kappa shape index (κ1) is 11.3. The molecule has 80 valence electrons. The maximum absolute atomic E-state index is 7.68. The molecule has 1 aromatic heterocycles. The summed E-state index contributed by atoms with van der Waals surface area (Å²) in [6, 6.07) is 1.63. The molecule has 0 atom stereocenters. The van der Waals surface area contributed by atoms with E-state index < -0.39 is 0 Å². The van der Waals surface area contributed by atoms with Crippen molar-refractivity contribution in [1.82, 2.24) is 9.97 Å². The Morgan fingerprint density at radius 2 is 2.13 bits per heavy atom. The molecular formula is C10H15N5. The van der Waals surface area contributed by atoms with Crippen molar-refractivity contribution in [3.8, 4) is 0 Å². The van der Waals surface area contributed by atoms with Crippen LogP contribution in [0.5, 0.6) is 0 Å². The average Bonchev–Trinajstić information content (AvgIpc) is 2.17. The number of aromatic nitrogens is 2. The van der Waals surface area contributed by atoms with Crippen LogP contribution in [0.4, 0.5) is 0 Å². The number of rotatable bonds is 1. The zero-order valence-corrected chi connectivity index (χ0v) is 9.15. The van der Waals surface area contributed by atoms with Gasteiger partial charge in [0.2, 0.25) is 0 Å². The van der Waals surface area contributed by atoms with Gasteiger partial charge in [-0.1, -0.05) is 20.8 Å². The lowest BCUT2D eigenvalue weighted by Crippen LogP contribution is -2.30. The van der Waals surface area contributed by atoms with E-state index in [4.69, 9.17) is 11.1 Å². The van der Waals surface area contributed by atoms with E-state index in [2.05, 4.69) is 15.0 Å². The third kappa shape index (κ3) is 3.12. The molecular weight excluding hydrogens is 190 g/mol. The van der Waals surface area contributed by atoms with Crippen molar-refractivity contribution in [1.29, 1.82) is 5.41 Å². The normalized spacial score (nSPS) is 12.6. The van der Waals surface area contributed by atoms with E-state index in [9.17, 15) is 0 Å². The van der Waals surface area contributed by atoms with Crippen molar-refractivity contribution in [2.24, 2.45) is 16.1 Å². The molecule has 15 heavy (non-hydrogen) atoms. The summed E-state index contributed by atoms with van der Waals surface area (Å²) in [6.07, 6.45) is 2.95. The molecule has 0 spiro atoms. The fourth-order valence-electron chi connectivity index (χ4n) is 0.776. The van der Waals surface area contributed by atoms with Crippen molar-refractivity contribution in [2.75, 3.05) is 0 Å². The van der Waals surface area contributed by atoms with Crippen LogP contribution < -0.4 is 5.73 Å². The highest BCUT2D eigenvalue weighted by atomic mass is 15.0. The smallest absolute Gasteiger partial charge is 0.172 e. The van der Waals surface area contributed by atoms with Gasteiger partial charge in [0.05, 0.1) is 0 Å². The molecule has 0 aliphatic heterocycles. The second-order valence-electron chi connectivity index (χ2n) is 4.19. The van der Waals surface area contributed by atoms with Crippen LogP contribution in [-0.2, 0) is 0 Å². The zero-order chi connectivity index (χ0) is 11.5. The largest absolute Gasteiger partial charge is 0.387 e. The third-order valence-electron chi connectivity index (χ3n) is 1.83. The highest BCUT2D eigenvalue weighted by Crippen LogP contribution is 2.13. The number of amidine groups is 2. The minimum atomic E-state index is -0.237. The molecule has 1 rings (SSSR count). The van der Waals surface area contributed by atoms with Crippen LogP contribution in [0.2, 0.25) is 0 Å². The summed E-state index contributed by atoms with van der Waals surface area (Å²) in [5.41, 5.74) is 5.99. The Morgan fingerprint density at radius 3 is 2.60 bits per heavy atom. The molecule has 0 saturated heterocycles. The predicted octanol–water partition coefficient (Wildman–Crippen LogP) is 1.21. The van der Waals surface area contributed by atoms with Crippen LogP contribution >= 0.6 is 0 Å². The van der Waals surface area contributed by atoms with Gasteiger partial charge in [0, 0.05) is 11.6 Å². The predicted molar refractivity (Wildman–Crippen MR) is 59.9 cm³/mol. The Balaban J connectivity index is 2.90. The maximum atomic E-state index is 7.68. The van der Waals surface area contributed by atoms with E-state index in [0.29, 0.717) is 11.5 Å². The Bertz CT molecular complexity index is 375. The van der Waals surface area contributed by atoms with Gasteiger partial charge in [0.15, 0.2) is 5.84 Å². The van der Waals surface area contributed by atoms with Gasteiger partial charge in [-0.3, -0.25) is 5.41 Å². The highest BCUT2D eigenvalue weighted by molar-refractivity contribution is 6.04.